The Hall–Kier alpha value is -1.50. The number of hydrogen-bond donors (Lipinski definition) is 0. The number of allylic oxidation sites excluding steroid dienone is 2. The lowest BCUT2D eigenvalue weighted by molar-refractivity contribution is 1.09. The second kappa shape index (κ2) is 3.48. The van der Waals surface area contributed by atoms with Crippen LogP contribution in [0.1, 0.15) is 13.3 Å². The zero-order valence-corrected chi connectivity index (χ0v) is 7.77. The minimum absolute atomic E-state index is 1.07. The minimum atomic E-state index is 1.07. The van der Waals surface area contributed by atoms with Gasteiger partial charge in [-0.05, 0) is 25.5 Å². The molecule has 0 radical (unpaired) electrons. The number of benzene rings is 1. The van der Waals surface area contributed by atoms with E-state index in [-0.39, 0.29) is 0 Å². The molecule has 66 valence electrons. The molecular formula is C12H13N. The predicted octanol–water partition coefficient (Wildman–Crippen LogP) is 3.31. The fourth-order valence-electron chi connectivity index (χ4n) is 1.45. The third-order valence-corrected chi connectivity index (χ3v) is 2.12. The van der Waals surface area contributed by atoms with Gasteiger partial charge in [-0.15, -0.1) is 0 Å². The van der Waals surface area contributed by atoms with Crippen LogP contribution < -0.4 is 4.90 Å². The number of hydrogen-bond acceptors (Lipinski definition) is 1. The van der Waals surface area contributed by atoms with Crippen LogP contribution in [0.3, 0.4) is 0 Å². The minimum Gasteiger partial charge on any atom is -0.324 e. The molecule has 0 aliphatic carbocycles. The summed E-state index contributed by atoms with van der Waals surface area (Å²) in [6.45, 7) is 2.15. The Bertz CT molecular complexity index is 335. The number of anilines is 1. The third kappa shape index (κ3) is 1.81. The summed E-state index contributed by atoms with van der Waals surface area (Å²) in [6.07, 6.45) is 7.54. The fourth-order valence-corrected chi connectivity index (χ4v) is 1.45. The van der Waals surface area contributed by atoms with E-state index in [4.69, 9.17) is 0 Å². The van der Waals surface area contributed by atoms with E-state index in [0.717, 1.165) is 6.42 Å². The highest BCUT2D eigenvalue weighted by atomic mass is 15.1. The van der Waals surface area contributed by atoms with Crippen LogP contribution in [0.15, 0.2) is 54.4 Å². The van der Waals surface area contributed by atoms with E-state index in [0.29, 0.717) is 0 Å². The topological polar surface area (TPSA) is 3.24 Å². The highest BCUT2D eigenvalue weighted by molar-refractivity contribution is 5.53. The van der Waals surface area contributed by atoms with Crippen LogP contribution in [0.4, 0.5) is 5.69 Å². The van der Waals surface area contributed by atoms with E-state index in [2.05, 4.69) is 54.6 Å². The van der Waals surface area contributed by atoms with Crippen molar-refractivity contribution in [3.05, 3.63) is 54.4 Å². The lowest BCUT2D eigenvalue weighted by Crippen LogP contribution is -2.10. The van der Waals surface area contributed by atoms with E-state index in [1.807, 2.05) is 6.07 Å². The first-order valence-electron chi connectivity index (χ1n) is 4.53. The molecule has 13 heavy (non-hydrogen) atoms. The SMILES string of the molecule is CC1=CN(c2ccccc2)C=CC1. The van der Waals surface area contributed by atoms with Crippen molar-refractivity contribution >= 4 is 5.69 Å². The predicted molar refractivity (Wildman–Crippen MR) is 56.4 cm³/mol. The first-order chi connectivity index (χ1) is 6.36. The van der Waals surface area contributed by atoms with Gasteiger partial charge in [-0.2, -0.15) is 0 Å². The van der Waals surface area contributed by atoms with Crippen LogP contribution in [0.2, 0.25) is 0 Å². The Morgan fingerprint density at radius 3 is 2.62 bits per heavy atom. The van der Waals surface area contributed by atoms with Gasteiger partial charge in [0.1, 0.15) is 0 Å². The standard InChI is InChI=1S/C12H13N/c1-11-6-5-9-13(10-11)12-7-3-2-4-8-12/h2-5,7-10H,6H2,1H3. The summed E-state index contributed by atoms with van der Waals surface area (Å²) in [5.41, 5.74) is 2.61. The van der Waals surface area contributed by atoms with Gasteiger partial charge < -0.3 is 4.90 Å². The van der Waals surface area contributed by atoms with Gasteiger partial charge in [-0.3, -0.25) is 0 Å². The van der Waals surface area contributed by atoms with Crippen LogP contribution in [0, 0.1) is 0 Å². The molecule has 0 N–H and O–H groups in total. The molecule has 1 aliphatic heterocycles. The molecule has 0 saturated carbocycles. The highest BCUT2D eigenvalue weighted by Crippen LogP contribution is 2.19. The van der Waals surface area contributed by atoms with Crippen molar-refractivity contribution < 1.29 is 0 Å². The molecule has 1 aliphatic rings. The molecule has 1 heterocycles. The van der Waals surface area contributed by atoms with Crippen LogP contribution in [0.5, 0.6) is 0 Å². The summed E-state index contributed by atoms with van der Waals surface area (Å²) in [5, 5.41) is 0. The van der Waals surface area contributed by atoms with E-state index < -0.39 is 0 Å². The van der Waals surface area contributed by atoms with Crippen LogP contribution in [-0.4, -0.2) is 0 Å². The number of para-hydroxylation sites is 1. The largest absolute Gasteiger partial charge is 0.324 e. The maximum Gasteiger partial charge on any atom is 0.0449 e. The van der Waals surface area contributed by atoms with Gasteiger partial charge in [0.15, 0.2) is 0 Å². The Labute approximate surface area is 79.0 Å². The summed E-state index contributed by atoms with van der Waals surface area (Å²) >= 11 is 0. The summed E-state index contributed by atoms with van der Waals surface area (Å²) in [4.78, 5) is 2.15. The molecule has 2 rings (SSSR count). The van der Waals surface area contributed by atoms with Crippen molar-refractivity contribution in [3.8, 4) is 0 Å². The smallest absolute Gasteiger partial charge is 0.0449 e. The van der Waals surface area contributed by atoms with Crippen molar-refractivity contribution in [2.45, 2.75) is 13.3 Å². The normalized spacial score (nSPS) is 15.8. The molecule has 0 atom stereocenters. The maximum atomic E-state index is 2.18. The summed E-state index contributed by atoms with van der Waals surface area (Å²) in [6, 6.07) is 10.4. The molecule has 1 aromatic rings. The zero-order chi connectivity index (χ0) is 9.10. The van der Waals surface area contributed by atoms with Crippen molar-refractivity contribution in [2.75, 3.05) is 4.90 Å². The summed E-state index contributed by atoms with van der Waals surface area (Å²) in [5.74, 6) is 0. The quantitative estimate of drug-likeness (QED) is 0.626. The molecule has 1 nitrogen and oxygen atoms in total. The molecule has 0 saturated heterocycles. The van der Waals surface area contributed by atoms with E-state index in [1.165, 1.54) is 11.3 Å². The van der Waals surface area contributed by atoms with Gasteiger partial charge >= 0.3 is 0 Å². The zero-order valence-electron chi connectivity index (χ0n) is 7.77. The van der Waals surface area contributed by atoms with Gasteiger partial charge in [0, 0.05) is 18.1 Å². The van der Waals surface area contributed by atoms with Crippen LogP contribution >= 0.6 is 0 Å². The number of rotatable bonds is 1. The Kier molecular flexibility index (Phi) is 2.17. The summed E-state index contributed by atoms with van der Waals surface area (Å²) < 4.78 is 0. The van der Waals surface area contributed by atoms with Gasteiger partial charge in [0.2, 0.25) is 0 Å². The first-order valence-corrected chi connectivity index (χ1v) is 4.53. The summed E-state index contributed by atoms with van der Waals surface area (Å²) in [7, 11) is 0. The van der Waals surface area contributed by atoms with Crippen LogP contribution in [-0.2, 0) is 0 Å². The molecule has 0 unspecified atom stereocenters. The van der Waals surface area contributed by atoms with Gasteiger partial charge in [0.05, 0.1) is 0 Å². The Balaban J connectivity index is 2.27. The third-order valence-electron chi connectivity index (χ3n) is 2.12. The average molecular weight is 171 g/mol. The van der Waals surface area contributed by atoms with Crippen molar-refractivity contribution in [3.63, 3.8) is 0 Å². The van der Waals surface area contributed by atoms with Gasteiger partial charge in [-0.25, -0.2) is 0 Å². The molecule has 1 heteroatoms. The Morgan fingerprint density at radius 1 is 1.15 bits per heavy atom. The van der Waals surface area contributed by atoms with Crippen LogP contribution in [0.25, 0.3) is 0 Å². The van der Waals surface area contributed by atoms with Crippen molar-refractivity contribution in [1.82, 2.24) is 0 Å². The molecule has 0 fully saturated rings. The average Bonchev–Trinajstić information content (AvgIpc) is 2.19. The second-order valence-electron chi connectivity index (χ2n) is 3.31. The monoisotopic (exact) mass is 171 g/mol. The van der Waals surface area contributed by atoms with E-state index >= 15 is 0 Å². The lowest BCUT2D eigenvalue weighted by atomic mass is 10.2. The van der Waals surface area contributed by atoms with E-state index in [9.17, 15) is 0 Å². The second-order valence-corrected chi connectivity index (χ2v) is 3.31. The Morgan fingerprint density at radius 2 is 1.92 bits per heavy atom. The molecule has 0 aromatic heterocycles. The molecule has 0 bridgehead atoms. The fraction of sp³-hybridized carbons (Fsp3) is 0.167. The molecular weight excluding hydrogens is 158 g/mol. The van der Waals surface area contributed by atoms with Gasteiger partial charge in [0.25, 0.3) is 0 Å². The van der Waals surface area contributed by atoms with Crippen molar-refractivity contribution in [2.24, 2.45) is 0 Å². The highest BCUT2D eigenvalue weighted by Gasteiger charge is 2.02. The molecule has 0 spiro atoms. The number of nitrogens with zero attached hydrogens (tertiary/aromatic N) is 1. The first kappa shape index (κ1) is 8.11. The van der Waals surface area contributed by atoms with Crippen molar-refractivity contribution in [1.29, 1.82) is 0 Å². The van der Waals surface area contributed by atoms with Gasteiger partial charge in [-0.1, -0.05) is 29.8 Å². The molecule has 1 aromatic carbocycles. The van der Waals surface area contributed by atoms with E-state index in [1.54, 1.807) is 0 Å². The maximum absolute atomic E-state index is 2.18. The lowest BCUT2D eigenvalue weighted by Gasteiger charge is -2.19. The molecule has 0 amide bonds.